The first-order chi connectivity index (χ1) is 11.5. The van der Waals surface area contributed by atoms with Crippen LogP contribution in [0.25, 0.3) is 11.3 Å². The van der Waals surface area contributed by atoms with E-state index in [1.807, 2.05) is 55.4 Å². The molecule has 5 heteroatoms. The Morgan fingerprint density at radius 2 is 1.79 bits per heavy atom. The van der Waals surface area contributed by atoms with Gasteiger partial charge < -0.3 is 14.6 Å². The topological polar surface area (TPSA) is 45.5 Å². The van der Waals surface area contributed by atoms with Crippen molar-refractivity contribution in [2.45, 2.75) is 0 Å². The summed E-state index contributed by atoms with van der Waals surface area (Å²) in [5.74, 6) is 0.563. The molecule has 0 saturated heterocycles. The quantitative estimate of drug-likeness (QED) is 0.733. The summed E-state index contributed by atoms with van der Waals surface area (Å²) < 4.78 is 5.64. The molecule has 1 aromatic heterocycles. The van der Waals surface area contributed by atoms with E-state index < -0.39 is 0 Å². The minimum atomic E-state index is -0.291. The molecule has 0 aliphatic heterocycles. The maximum absolute atomic E-state index is 12.3. The molecular formula is C19H17ClN2O2. The Kier molecular flexibility index (Phi) is 4.58. The molecule has 0 unspecified atom stereocenters. The van der Waals surface area contributed by atoms with Crippen LogP contribution in [0.15, 0.2) is 65.1 Å². The molecule has 0 fully saturated rings. The molecule has 0 atom stereocenters. The fraction of sp³-hybridized carbons (Fsp3) is 0.105. The second-order valence-corrected chi connectivity index (χ2v) is 6.01. The number of hydrogen-bond donors (Lipinski definition) is 1. The molecular weight excluding hydrogens is 324 g/mol. The fourth-order valence-electron chi connectivity index (χ4n) is 2.29. The third kappa shape index (κ3) is 3.60. The van der Waals surface area contributed by atoms with Crippen molar-refractivity contribution in [3.05, 3.63) is 71.4 Å². The van der Waals surface area contributed by atoms with Gasteiger partial charge in [0.1, 0.15) is 5.76 Å². The lowest BCUT2D eigenvalue weighted by atomic mass is 10.2. The summed E-state index contributed by atoms with van der Waals surface area (Å²) in [6.45, 7) is 0. The van der Waals surface area contributed by atoms with E-state index in [4.69, 9.17) is 16.0 Å². The first-order valence-corrected chi connectivity index (χ1v) is 7.85. The number of halogens is 1. The summed E-state index contributed by atoms with van der Waals surface area (Å²) in [5.41, 5.74) is 2.61. The normalized spacial score (nSPS) is 10.5. The zero-order valence-electron chi connectivity index (χ0n) is 13.4. The van der Waals surface area contributed by atoms with E-state index in [1.165, 1.54) is 0 Å². The smallest absolute Gasteiger partial charge is 0.291 e. The van der Waals surface area contributed by atoms with Gasteiger partial charge in [-0.3, -0.25) is 4.79 Å². The van der Waals surface area contributed by atoms with Gasteiger partial charge in [0.2, 0.25) is 0 Å². The fourth-order valence-corrected chi connectivity index (χ4v) is 2.48. The molecule has 0 saturated carbocycles. The monoisotopic (exact) mass is 340 g/mol. The predicted octanol–water partition coefficient (Wildman–Crippen LogP) is 4.92. The second-order valence-electron chi connectivity index (χ2n) is 5.57. The molecule has 24 heavy (non-hydrogen) atoms. The maximum Gasteiger partial charge on any atom is 0.291 e. The van der Waals surface area contributed by atoms with Crippen molar-refractivity contribution in [1.29, 1.82) is 0 Å². The lowest BCUT2D eigenvalue weighted by Gasteiger charge is -2.12. The number of anilines is 2. The number of benzene rings is 2. The first kappa shape index (κ1) is 16.1. The minimum absolute atomic E-state index is 0.252. The van der Waals surface area contributed by atoms with E-state index in [0.29, 0.717) is 16.5 Å². The van der Waals surface area contributed by atoms with Crippen LogP contribution in [0.4, 0.5) is 11.4 Å². The van der Waals surface area contributed by atoms with Gasteiger partial charge in [-0.25, -0.2) is 0 Å². The van der Waals surface area contributed by atoms with Gasteiger partial charge >= 0.3 is 0 Å². The first-order valence-electron chi connectivity index (χ1n) is 7.47. The molecule has 1 amide bonds. The Morgan fingerprint density at radius 3 is 2.46 bits per heavy atom. The van der Waals surface area contributed by atoms with Gasteiger partial charge in [-0.05, 0) is 48.5 Å². The highest BCUT2D eigenvalue weighted by Gasteiger charge is 2.13. The molecule has 0 aliphatic carbocycles. The van der Waals surface area contributed by atoms with E-state index in [-0.39, 0.29) is 11.7 Å². The number of hydrogen-bond acceptors (Lipinski definition) is 3. The molecule has 122 valence electrons. The van der Waals surface area contributed by atoms with E-state index in [0.717, 1.165) is 11.3 Å². The van der Waals surface area contributed by atoms with Crippen LogP contribution in [0, 0.1) is 0 Å². The minimum Gasteiger partial charge on any atom is -0.451 e. The average molecular weight is 341 g/mol. The highest BCUT2D eigenvalue weighted by molar-refractivity contribution is 6.30. The van der Waals surface area contributed by atoms with Gasteiger partial charge in [0.25, 0.3) is 5.91 Å². The van der Waals surface area contributed by atoms with Gasteiger partial charge in [0, 0.05) is 36.1 Å². The summed E-state index contributed by atoms with van der Waals surface area (Å²) in [5, 5.41) is 3.44. The predicted molar refractivity (Wildman–Crippen MR) is 97.9 cm³/mol. The maximum atomic E-state index is 12.3. The summed E-state index contributed by atoms with van der Waals surface area (Å²) >= 11 is 5.98. The second kappa shape index (κ2) is 6.81. The summed E-state index contributed by atoms with van der Waals surface area (Å²) in [6, 6.07) is 18.3. The van der Waals surface area contributed by atoms with Gasteiger partial charge in [0.05, 0.1) is 0 Å². The molecule has 4 nitrogen and oxygen atoms in total. The SMILES string of the molecule is CN(C)c1ccc(NC(=O)c2ccc(-c3cccc(Cl)c3)o2)cc1. The number of nitrogens with zero attached hydrogens (tertiary/aromatic N) is 1. The van der Waals surface area contributed by atoms with Crippen molar-refractivity contribution in [2.24, 2.45) is 0 Å². The Bertz CT molecular complexity index is 854. The molecule has 3 rings (SSSR count). The van der Waals surface area contributed by atoms with Gasteiger partial charge in [-0.2, -0.15) is 0 Å². The zero-order valence-corrected chi connectivity index (χ0v) is 14.2. The standard InChI is InChI=1S/C19H17ClN2O2/c1-22(2)16-8-6-15(7-9-16)21-19(23)18-11-10-17(24-18)13-4-3-5-14(20)12-13/h3-12H,1-2H3,(H,21,23). The van der Waals surface area contributed by atoms with Crippen LogP contribution in [0.5, 0.6) is 0 Å². The molecule has 0 radical (unpaired) electrons. The van der Waals surface area contributed by atoms with Crippen molar-refractivity contribution in [3.63, 3.8) is 0 Å². The number of furan rings is 1. The third-order valence-electron chi connectivity index (χ3n) is 3.58. The van der Waals surface area contributed by atoms with Crippen LogP contribution in [0.2, 0.25) is 5.02 Å². The van der Waals surface area contributed by atoms with Crippen molar-refractivity contribution in [3.8, 4) is 11.3 Å². The Balaban J connectivity index is 1.74. The average Bonchev–Trinajstić information content (AvgIpc) is 3.05. The third-order valence-corrected chi connectivity index (χ3v) is 3.82. The number of carbonyl (C=O) groups is 1. The molecule has 1 N–H and O–H groups in total. The highest BCUT2D eigenvalue weighted by atomic mass is 35.5. The van der Waals surface area contributed by atoms with Crippen LogP contribution in [0.1, 0.15) is 10.6 Å². The molecule has 1 heterocycles. The number of nitrogens with one attached hydrogen (secondary N) is 1. The lowest BCUT2D eigenvalue weighted by Crippen LogP contribution is -2.11. The van der Waals surface area contributed by atoms with Gasteiger partial charge in [-0.15, -0.1) is 0 Å². The van der Waals surface area contributed by atoms with Crippen molar-refractivity contribution in [2.75, 3.05) is 24.3 Å². The van der Waals surface area contributed by atoms with Crippen LogP contribution < -0.4 is 10.2 Å². The number of rotatable bonds is 4. The highest BCUT2D eigenvalue weighted by Crippen LogP contribution is 2.25. The Labute approximate surface area is 145 Å². The Morgan fingerprint density at radius 1 is 1.04 bits per heavy atom. The zero-order chi connectivity index (χ0) is 17.1. The Hall–Kier alpha value is -2.72. The molecule has 0 bridgehead atoms. The molecule has 3 aromatic rings. The van der Waals surface area contributed by atoms with E-state index in [2.05, 4.69) is 5.32 Å². The molecule has 0 aliphatic rings. The van der Waals surface area contributed by atoms with Crippen molar-refractivity contribution < 1.29 is 9.21 Å². The lowest BCUT2D eigenvalue weighted by molar-refractivity contribution is 0.0997. The number of carbonyl (C=O) groups excluding carboxylic acids is 1. The van der Waals surface area contributed by atoms with Crippen LogP contribution in [-0.4, -0.2) is 20.0 Å². The van der Waals surface area contributed by atoms with E-state index >= 15 is 0 Å². The summed E-state index contributed by atoms with van der Waals surface area (Å²) in [6.07, 6.45) is 0. The van der Waals surface area contributed by atoms with Crippen molar-refractivity contribution in [1.82, 2.24) is 0 Å². The van der Waals surface area contributed by atoms with E-state index in [9.17, 15) is 4.79 Å². The van der Waals surface area contributed by atoms with E-state index in [1.54, 1.807) is 24.3 Å². The van der Waals surface area contributed by atoms with Gasteiger partial charge in [0.15, 0.2) is 5.76 Å². The van der Waals surface area contributed by atoms with Crippen LogP contribution in [-0.2, 0) is 0 Å². The summed E-state index contributed by atoms with van der Waals surface area (Å²) in [4.78, 5) is 14.3. The van der Waals surface area contributed by atoms with Crippen LogP contribution in [0.3, 0.4) is 0 Å². The van der Waals surface area contributed by atoms with Crippen LogP contribution >= 0.6 is 11.6 Å². The largest absolute Gasteiger partial charge is 0.451 e. The van der Waals surface area contributed by atoms with Crippen molar-refractivity contribution >= 4 is 28.9 Å². The molecule has 2 aromatic carbocycles. The number of amides is 1. The summed E-state index contributed by atoms with van der Waals surface area (Å²) in [7, 11) is 3.93. The van der Waals surface area contributed by atoms with Gasteiger partial charge in [-0.1, -0.05) is 23.7 Å². The molecule has 0 spiro atoms.